The van der Waals surface area contributed by atoms with Crippen LogP contribution in [0, 0.1) is 0 Å². The summed E-state index contributed by atoms with van der Waals surface area (Å²) < 4.78 is 28.0. The lowest BCUT2D eigenvalue weighted by atomic mass is 10.3. The summed E-state index contributed by atoms with van der Waals surface area (Å²) in [6.45, 7) is 1.37. The van der Waals surface area contributed by atoms with Crippen LogP contribution in [0.15, 0.2) is 35.2 Å². The van der Waals surface area contributed by atoms with Crippen molar-refractivity contribution in [3.63, 3.8) is 0 Å². The molecule has 0 unspecified atom stereocenters. The molecular formula is C9H11NO3S. The van der Waals surface area contributed by atoms with Crippen molar-refractivity contribution in [2.45, 2.75) is 11.3 Å². The van der Waals surface area contributed by atoms with Gasteiger partial charge >= 0.3 is 10.1 Å². The predicted molar refractivity (Wildman–Crippen MR) is 50.9 cm³/mol. The summed E-state index contributed by atoms with van der Waals surface area (Å²) in [6.07, 6.45) is 0.990. The number of benzene rings is 1. The Morgan fingerprint density at radius 2 is 1.79 bits per heavy atom. The van der Waals surface area contributed by atoms with Crippen LogP contribution in [0.1, 0.15) is 6.42 Å². The Morgan fingerprint density at radius 1 is 1.14 bits per heavy atom. The number of hydrogen-bond acceptors (Lipinski definition) is 4. The van der Waals surface area contributed by atoms with E-state index < -0.39 is 10.1 Å². The molecule has 0 aromatic heterocycles. The van der Waals surface area contributed by atoms with Crippen molar-refractivity contribution in [3.8, 4) is 0 Å². The predicted octanol–water partition coefficient (Wildman–Crippen LogP) is 1.01. The molecule has 0 bridgehead atoms. The lowest BCUT2D eigenvalue weighted by molar-refractivity contribution is -0.101. The molecule has 1 aromatic rings. The first-order valence-electron chi connectivity index (χ1n) is 4.43. The van der Waals surface area contributed by atoms with Gasteiger partial charge in [0, 0.05) is 13.1 Å². The van der Waals surface area contributed by atoms with E-state index in [1.807, 2.05) is 0 Å². The highest BCUT2D eigenvalue weighted by molar-refractivity contribution is 7.86. The minimum Gasteiger partial charge on any atom is -0.192 e. The zero-order chi connectivity index (χ0) is 10.0. The maximum absolute atomic E-state index is 11.6. The van der Waals surface area contributed by atoms with Crippen LogP contribution < -0.4 is 0 Å². The maximum Gasteiger partial charge on any atom is 0.313 e. The number of nitrogens with zero attached hydrogens (tertiary/aromatic N) is 1. The molecule has 1 aliphatic rings. The fraction of sp³-hybridized carbons (Fsp3) is 0.333. The highest BCUT2D eigenvalue weighted by Gasteiger charge is 2.23. The summed E-state index contributed by atoms with van der Waals surface area (Å²) in [5.41, 5.74) is 0. The topological polar surface area (TPSA) is 46.6 Å². The Bertz CT molecular complexity index is 397. The minimum absolute atomic E-state index is 0.201. The average Bonchev–Trinajstić information content (AvgIpc) is 2.13. The molecule has 4 nitrogen and oxygen atoms in total. The van der Waals surface area contributed by atoms with E-state index in [4.69, 9.17) is 4.28 Å². The molecule has 1 saturated heterocycles. The van der Waals surface area contributed by atoms with Gasteiger partial charge in [0.05, 0.1) is 4.90 Å². The largest absolute Gasteiger partial charge is 0.313 e. The van der Waals surface area contributed by atoms with E-state index in [0.717, 1.165) is 6.42 Å². The first-order valence-corrected chi connectivity index (χ1v) is 5.84. The first kappa shape index (κ1) is 9.64. The molecule has 0 spiro atoms. The molecule has 1 aliphatic heterocycles. The normalized spacial score (nSPS) is 17.7. The van der Waals surface area contributed by atoms with E-state index in [0.29, 0.717) is 13.1 Å². The van der Waals surface area contributed by atoms with Crippen molar-refractivity contribution >= 4 is 10.1 Å². The Morgan fingerprint density at radius 3 is 2.29 bits per heavy atom. The van der Waals surface area contributed by atoms with E-state index in [-0.39, 0.29) is 4.90 Å². The second-order valence-corrected chi connectivity index (χ2v) is 4.65. The Hall–Kier alpha value is -0.910. The lowest BCUT2D eigenvalue weighted by Gasteiger charge is -2.28. The third kappa shape index (κ3) is 1.95. The Labute approximate surface area is 83.2 Å². The molecule has 0 saturated carbocycles. The summed E-state index contributed by atoms with van der Waals surface area (Å²) in [5, 5.41) is 1.45. The molecule has 2 rings (SSSR count). The minimum atomic E-state index is -3.59. The van der Waals surface area contributed by atoms with Crippen LogP contribution in [0.25, 0.3) is 0 Å². The zero-order valence-electron chi connectivity index (χ0n) is 7.59. The fourth-order valence-corrected chi connectivity index (χ4v) is 2.13. The SMILES string of the molecule is O=S(=O)(ON1CCC1)c1ccccc1. The highest BCUT2D eigenvalue weighted by Crippen LogP contribution is 2.16. The van der Waals surface area contributed by atoms with Crippen LogP contribution in [0.3, 0.4) is 0 Å². The molecule has 14 heavy (non-hydrogen) atoms. The molecule has 0 radical (unpaired) electrons. The molecule has 1 heterocycles. The summed E-state index contributed by atoms with van der Waals surface area (Å²) in [6, 6.07) is 8.16. The van der Waals surface area contributed by atoms with Crippen LogP contribution in [-0.4, -0.2) is 26.6 Å². The van der Waals surface area contributed by atoms with Crippen molar-refractivity contribution < 1.29 is 12.7 Å². The van der Waals surface area contributed by atoms with Gasteiger partial charge in [0.2, 0.25) is 0 Å². The summed E-state index contributed by atoms with van der Waals surface area (Å²) in [4.78, 5) is 0.201. The molecule has 1 aromatic carbocycles. The molecule has 1 fully saturated rings. The van der Waals surface area contributed by atoms with Gasteiger partial charge in [-0.25, -0.2) is 0 Å². The van der Waals surface area contributed by atoms with Gasteiger partial charge in [-0.1, -0.05) is 18.2 Å². The van der Waals surface area contributed by atoms with E-state index in [1.165, 1.54) is 17.2 Å². The van der Waals surface area contributed by atoms with Gasteiger partial charge in [0.1, 0.15) is 0 Å². The molecule has 0 atom stereocenters. The third-order valence-corrected chi connectivity index (χ3v) is 3.31. The molecular weight excluding hydrogens is 202 g/mol. The van der Waals surface area contributed by atoms with Gasteiger partial charge in [-0.15, -0.1) is 0 Å². The Balaban J connectivity index is 2.15. The average molecular weight is 213 g/mol. The summed E-state index contributed by atoms with van der Waals surface area (Å²) in [5.74, 6) is 0. The summed E-state index contributed by atoms with van der Waals surface area (Å²) >= 11 is 0. The molecule has 0 N–H and O–H groups in total. The lowest BCUT2D eigenvalue weighted by Crippen LogP contribution is -2.38. The van der Waals surface area contributed by atoms with E-state index in [1.54, 1.807) is 18.2 Å². The van der Waals surface area contributed by atoms with Gasteiger partial charge in [-0.2, -0.15) is 17.8 Å². The Kier molecular flexibility index (Phi) is 2.54. The van der Waals surface area contributed by atoms with Crippen molar-refractivity contribution in [2.75, 3.05) is 13.1 Å². The quantitative estimate of drug-likeness (QED) is 0.752. The van der Waals surface area contributed by atoms with Crippen LogP contribution >= 0.6 is 0 Å². The van der Waals surface area contributed by atoms with Crippen molar-refractivity contribution in [1.82, 2.24) is 5.06 Å². The van der Waals surface area contributed by atoms with E-state index in [2.05, 4.69) is 0 Å². The van der Waals surface area contributed by atoms with Gasteiger partial charge in [-0.3, -0.25) is 0 Å². The zero-order valence-corrected chi connectivity index (χ0v) is 8.40. The van der Waals surface area contributed by atoms with Gasteiger partial charge in [0.25, 0.3) is 0 Å². The van der Waals surface area contributed by atoms with Crippen LogP contribution in [0.4, 0.5) is 0 Å². The van der Waals surface area contributed by atoms with Gasteiger partial charge in [-0.05, 0) is 18.6 Å². The second kappa shape index (κ2) is 3.68. The monoisotopic (exact) mass is 213 g/mol. The fourth-order valence-electron chi connectivity index (χ4n) is 1.13. The third-order valence-electron chi connectivity index (χ3n) is 2.05. The van der Waals surface area contributed by atoms with Crippen LogP contribution in [0.2, 0.25) is 0 Å². The molecule has 0 amide bonds. The molecule has 5 heteroatoms. The maximum atomic E-state index is 11.6. The second-order valence-electron chi connectivity index (χ2n) is 3.12. The standard InChI is InChI=1S/C9H11NO3S/c11-14(12,13-10-7-4-8-10)9-5-2-1-3-6-9/h1-3,5-6H,4,7-8H2. The van der Waals surface area contributed by atoms with Crippen molar-refractivity contribution in [2.24, 2.45) is 0 Å². The smallest absolute Gasteiger partial charge is 0.192 e. The molecule has 76 valence electrons. The number of hydrogen-bond donors (Lipinski definition) is 0. The van der Waals surface area contributed by atoms with E-state index in [9.17, 15) is 8.42 Å². The number of rotatable bonds is 3. The summed E-state index contributed by atoms with van der Waals surface area (Å²) in [7, 11) is -3.59. The molecule has 0 aliphatic carbocycles. The number of hydroxylamine groups is 2. The highest BCUT2D eigenvalue weighted by atomic mass is 32.2. The first-order chi connectivity index (χ1) is 6.68. The van der Waals surface area contributed by atoms with Crippen molar-refractivity contribution in [3.05, 3.63) is 30.3 Å². The van der Waals surface area contributed by atoms with Crippen LogP contribution in [-0.2, 0) is 14.4 Å². The van der Waals surface area contributed by atoms with Gasteiger partial charge < -0.3 is 0 Å². The van der Waals surface area contributed by atoms with E-state index >= 15 is 0 Å². The van der Waals surface area contributed by atoms with Gasteiger partial charge in [0.15, 0.2) is 0 Å². The van der Waals surface area contributed by atoms with Crippen molar-refractivity contribution in [1.29, 1.82) is 0 Å². The van der Waals surface area contributed by atoms with Crippen LogP contribution in [0.5, 0.6) is 0 Å².